The van der Waals surface area contributed by atoms with Crippen molar-refractivity contribution in [1.82, 2.24) is 19.7 Å². The summed E-state index contributed by atoms with van der Waals surface area (Å²) in [6, 6.07) is 0. The van der Waals surface area contributed by atoms with Crippen LogP contribution in [0.15, 0.2) is 17.8 Å². The van der Waals surface area contributed by atoms with E-state index in [1.54, 1.807) is 10.9 Å². The first-order valence-corrected chi connectivity index (χ1v) is 7.80. The average Bonchev–Trinajstić information content (AvgIpc) is 3.05. The van der Waals surface area contributed by atoms with E-state index in [1.807, 2.05) is 37.4 Å². The number of ether oxygens (including phenoxy) is 1. The molecule has 2 aromatic rings. The van der Waals surface area contributed by atoms with Crippen LogP contribution in [0.3, 0.4) is 0 Å². The quantitative estimate of drug-likeness (QED) is 0.849. The second kappa shape index (κ2) is 5.57. The van der Waals surface area contributed by atoms with E-state index in [0.29, 0.717) is 18.8 Å². The summed E-state index contributed by atoms with van der Waals surface area (Å²) < 4.78 is 7.38. The van der Waals surface area contributed by atoms with Gasteiger partial charge in [0.2, 0.25) is 0 Å². The van der Waals surface area contributed by atoms with E-state index in [1.165, 1.54) is 11.3 Å². The molecule has 112 valence electrons. The van der Waals surface area contributed by atoms with E-state index in [0.717, 1.165) is 10.6 Å². The van der Waals surface area contributed by atoms with E-state index in [-0.39, 0.29) is 18.1 Å². The molecular weight excluding hydrogens is 288 g/mol. The maximum Gasteiger partial charge on any atom is 0.273 e. The highest BCUT2D eigenvalue weighted by Gasteiger charge is 2.28. The molecule has 21 heavy (non-hydrogen) atoms. The molecular formula is C14H18N4O2S. The van der Waals surface area contributed by atoms with Crippen molar-refractivity contribution in [1.29, 1.82) is 0 Å². The van der Waals surface area contributed by atoms with Crippen molar-refractivity contribution in [3.8, 4) is 10.6 Å². The molecule has 0 radical (unpaired) electrons. The zero-order valence-electron chi connectivity index (χ0n) is 12.3. The Bertz CT molecular complexity index is 641. The summed E-state index contributed by atoms with van der Waals surface area (Å²) in [5, 5.41) is 6.76. The number of amides is 1. The van der Waals surface area contributed by atoms with Crippen molar-refractivity contribution in [2.45, 2.75) is 26.1 Å². The first-order valence-electron chi connectivity index (χ1n) is 6.92. The van der Waals surface area contributed by atoms with Gasteiger partial charge in [0, 0.05) is 37.3 Å². The molecule has 1 saturated heterocycles. The fourth-order valence-electron chi connectivity index (χ4n) is 2.54. The zero-order chi connectivity index (χ0) is 15.0. The van der Waals surface area contributed by atoms with Crippen molar-refractivity contribution in [3.63, 3.8) is 0 Å². The van der Waals surface area contributed by atoms with Gasteiger partial charge in [0.25, 0.3) is 5.91 Å². The molecule has 0 bridgehead atoms. The van der Waals surface area contributed by atoms with E-state index in [4.69, 9.17) is 4.74 Å². The summed E-state index contributed by atoms with van der Waals surface area (Å²) in [5.41, 5.74) is 1.44. The smallest absolute Gasteiger partial charge is 0.273 e. The highest BCUT2D eigenvalue weighted by Crippen LogP contribution is 2.24. The van der Waals surface area contributed by atoms with Gasteiger partial charge >= 0.3 is 0 Å². The minimum Gasteiger partial charge on any atom is -0.372 e. The van der Waals surface area contributed by atoms with E-state index >= 15 is 0 Å². The van der Waals surface area contributed by atoms with Gasteiger partial charge in [-0.05, 0) is 13.8 Å². The topological polar surface area (TPSA) is 60.2 Å². The molecule has 1 aliphatic rings. The third-order valence-electron chi connectivity index (χ3n) is 3.38. The summed E-state index contributed by atoms with van der Waals surface area (Å²) in [6.45, 7) is 5.20. The summed E-state index contributed by atoms with van der Waals surface area (Å²) in [6.07, 6.45) is 3.78. The van der Waals surface area contributed by atoms with E-state index in [2.05, 4.69) is 10.1 Å². The molecule has 1 amide bonds. The largest absolute Gasteiger partial charge is 0.372 e. The number of hydrogen-bond donors (Lipinski definition) is 0. The number of hydrogen-bond acceptors (Lipinski definition) is 5. The first kappa shape index (κ1) is 14.2. The molecule has 2 aromatic heterocycles. The first-order chi connectivity index (χ1) is 10.0. The lowest BCUT2D eigenvalue weighted by atomic mass is 10.2. The molecule has 0 aliphatic carbocycles. The lowest BCUT2D eigenvalue weighted by Crippen LogP contribution is -2.48. The van der Waals surface area contributed by atoms with Crippen LogP contribution in [0, 0.1) is 0 Å². The maximum atomic E-state index is 12.5. The van der Waals surface area contributed by atoms with Gasteiger partial charge in [0.05, 0.1) is 18.4 Å². The number of nitrogens with zero attached hydrogens (tertiary/aromatic N) is 4. The van der Waals surface area contributed by atoms with Crippen LogP contribution in [-0.2, 0) is 11.8 Å². The predicted molar refractivity (Wildman–Crippen MR) is 80.2 cm³/mol. The zero-order valence-corrected chi connectivity index (χ0v) is 13.1. The number of rotatable bonds is 2. The van der Waals surface area contributed by atoms with Gasteiger partial charge in [-0.25, -0.2) is 4.98 Å². The van der Waals surface area contributed by atoms with Gasteiger partial charge in [-0.3, -0.25) is 9.48 Å². The summed E-state index contributed by atoms with van der Waals surface area (Å²) >= 11 is 1.47. The van der Waals surface area contributed by atoms with Crippen molar-refractivity contribution in [3.05, 3.63) is 23.5 Å². The predicted octanol–water partition coefficient (Wildman–Crippen LogP) is 1.79. The van der Waals surface area contributed by atoms with E-state index in [9.17, 15) is 4.79 Å². The molecule has 0 aromatic carbocycles. The Labute approximate surface area is 127 Å². The van der Waals surface area contributed by atoms with Crippen molar-refractivity contribution in [2.24, 2.45) is 7.05 Å². The van der Waals surface area contributed by atoms with Gasteiger partial charge in [-0.2, -0.15) is 5.10 Å². The fourth-order valence-corrected chi connectivity index (χ4v) is 3.31. The summed E-state index contributed by atoms with van der Waals surface area (Å²) in [7, 11) is 1.86. The Morgan fingerprint density at radius 3 is 2.71 bits per heavy atom. The number of aryl methyl sites for hydroxylation is 1. The molecule has 1 fully saturated rings. The second-order valence-electron chi connectivity index (χ2n) is 5.41. The fraction of sp³-hybridized carbons (Fsp3) is 0.500. The molecule has 0 spiro atoms. The SMILES string of the molecule is C[C@H]1CN(C(=O)c2csc(-c3cnn(C)c3)n2)C[C@H](C)O1. The lowest BCUT2D eigenvalue weighted by Gasteiger charge is -2.34. The lowest BCUT2D eigenvalue weighted by molar-refractivity contribution is -0.0587. The van der Waals surface area contributed by atoms with E-state index < -0.39 is 0 Å². The Morgan fingerprint density at radius 2 is 2.10 bits per heavy atom. The molecule has 2 atom stereocenters. The van der Waals surface area contributed by atoms with Gasteiger partial charge < -0.3 is 9.64 Å². The number of carbonyl (C=O) groups excluding carboxylic acids is 1. The molecule has 0 N–H and O–H groups in total. The van der Waals surface area contributed by atoms with Crippen molar-refractivity contribution < 1.29 is 9.53 Å². The number of morpholine rings is 1. The normalized spacial score (nSPS) is 22.5. The molecule has 6 nitrogen and oxygen atoms in total. The maximum absolute atomic E-state index is 12.5. The number of aromatic nitrogens is 3. The van der Waals surface area contributed by atoms with Crippen LogP contribution in [-0.4, -0.2) is 50.9 Å². The second-order valence-corrected chi connectivity index (χ2v) is 6.27. The minimum absolute atomic E-state index is 0.0246. The minimum atomic E-state index is -0.0246. The molecule has 7 heteroatoms. The van der Waals surface area contributed by atoms with Crippen LogP contribution in [0.5, 0.6) is 0 Å². The third-order valence-corrected chi connectivity index (χ3v) is 4.27. The van der Waals surface area contributed by atoms with Crippen LogP contribution in [0.25, 0.3) is 10.6 Å². The van der Waals surface area contributed by atoms with Gasteiger partial charge in [-0.1, -0.05) is 0 Å². The van der Waals surface area contributed by atoms with Crippen LogP contribution in [0.1, 0.15) is 24.3 Å². The molecule has 0 saturated carbocycles. The van der Waals surface area contributed by atoms with Crippen LogP contribution >= 0.6 is 11.3 Å². The molecule has 0 unspecified atom stereocenters. The van der Waals surface area contributed by atoms with Crippen LogP contribution in [0.4, 0.5) is 0 Å². The number of carbonyl (C=O) groups is 1. The molecule has 1 aliphatic heterocycles. The van der Waals surface area contributed by atoms with Crippen molar-refractivity contribution in [2.75, 3.05) is 13.1 Å². The Kier molecular flexibility index (Phi) is 3.77. The standard InChI is InChI=1S/C14H18N4O2S/c1-9-5-18(6-10(2)20-9)14(19)12-8-21-13(16-12)11-4-15-17(3)7-11/h4,7-10H,5-6H2,1-3H3/t9-,10-/m0/s1. The van der Waals surface area contributed by atoms with Crippen LogP contribution < -0.4 is 0 Å². The molecule has 3 rings (SSSR count). The Balaban J connectivity index is 1.78. The monoisotopic (exact) mass is 306 g/mol. The average molecular weight is 306 g/mol. The Hall–Kier alpha value is -1.73. The van der Waals surface area contributed by atoms with Crippen molar-refractivity contribution >= 4 is 17.2 Å². The summed E-state index contributed by atoms with van der Waals surface area (Å²) in [5.74, 6) is -0.0246. The number of thiazole rings is 1. The summed E-state index contributed by atoms with van der Waals surface area (Å²) in [4.78, 5) is 18.8. The van der Waals surface area contributed by atoms with Gasteiger partial charge in [0.15, 0.2) is 0 Å². The van der Waals surface area contributed by atoms with Crippen LogP contribution in [0.2, 0.25) is 0 Å². The van der Waals surface area contributed by atoms with Gasteiger partial charge in [0.1, 0.15) is 10.7 Å². The highest BCUT2D eigenvalue weighted by molar-refractivity contribution is 7.13. The molecule has 3 heterocycles. The Morgan fingerprint density at radius 1 is 1.38 bits per heavy atom. The third kappa shape index (κ3) is 2.98. The highest BCUT2D eigenvalue weighted by atomic mass is 32.1. The van der Waals surface area contributed by atoms with Gasteiger partial charge in [-0.15, -0.1) is 11.3 Å².